The molecule has 21 heavy (non-hydrogen) atoms. The van der Waals surface area contributed by atoms with Crippen molar-refractivity contribution in [2.75, 3.05) is 6.54 Å². The molecule has 0 bridgehead atoms. The van der Waals surface area contributed by atoms with Gasteiger partial charge in [0.05, 0.1) is 5.69 Å². The van der Waals surface area contributed by atoms with Crippen LogP contribution in [0.15, 0.2) is 28.8 Å². The van der Waals surface area contributed by atoms with Gasteiger partial charge in [-0.05, 0) is 37.1 Å². The molecule has 0 spiro atoms. The van der Waals surface area contributed by atoms with Crippen molar-refractivity contribution in [2.24, 2.45) is 5.92 Å². The molecule has 4 nitrogen and oxygen atoms in total. The number of rotatable bonds is 7. The molecule has 2 rings (SSSR count). The van der Waals surface area contributed by atoms with Crippen LogP contribution in [0.5, 0.6) is 5.75 Å². The van der Waals surface area contributed by atoms with Gasteiger partial charge in [0.25, 0.3) is 0 Å². The highest BCUT2D eigenvalue weighted by molar-refractivity contribution is 6.30. The van der Waals surface area contributed by atoms with Crippen LogP contribution in [0.1, 0.15) is 30.9 Å². The quantitative estimate of drug-likeness (QED) is 0.841. The molecule has 1 N–H and O–H groups in total. The van der Waals surface area contributed by atoms with Crippen LogP contribution in [0, 0.1) is 12.8 Å². The van der Waals surface area contributed by atoms with Crippen molar-refractivity contribution >= 4 is 11.6 Å². The Bertz CT molecular complexity index is 581. The van der Waals surface area contributed by atoms with E-state index in [0.717, 1.165) is 23.6 Å². The summed E-state index contributed by atoms with van der Waals surface area (Å²) in [5, 5.41) is 8.00. The third-order valence-corrected chi connectivity index (χ3v) is 3.22. The molecule has 0 aliphatic carbocycles. The van der Waals surface area contributed by atoms with Crippen LogP contribution in [-0.2, 0) is 13.2 Å². The van der Waals surface area contributed by atoms with E-state index in [2.05, 4.69) is 24.3 Å². The highest BCUT2D eigenvalue weighted by atomic mass is 35.5. The highest BCUT2D eigenvalue weighted by Gasteiger charge is 2.07. The molecule has 0 fully saturated rings. The minimum atomic E-state index is 0.346. The minimum Gasteiger partial charge on any atom is -0.485 e. The molecule has 0 aliphatic rings. The average Bonchev–Trinajstić information content (AvgIpc) is 2.87. The zero-order valence-electron chi connectivity index (χ0n) is 12.6. The first-order valence-electron chi connectivity index (χ1n) is 7.08. The third kappa shape index (κ3) is 5.06. The zero-order chi connectivity index (χ0) is 15.2. The number of aryl methyl sites for hydroxylation is 1. The number of nitrogens with one attached hydrogen (secondary N) is 1. The largest absolute Gasteiger partial charge is 0.485 e. The summed E-state index contributed by atoms with van der Waals surface area (Å²) in [5.41, 5.74) is 1.93. The lowest BCUT2D eigenvalue weighted by molar-refractivity contribution is 0.247. The van der Waals surface area contributed by atoms with Crippen LogP contribution in [0.25, 0.3) is 0 Å². The molecule has 1 heterocycles. The van der Waals surface area contributed by atoms with Crippen LogP contribution < -0.4 is 10.1 Å². The molecule has 0 radical (unpaired) electrons. The number of benzene rings is 1. The van der Waals surface area contributed by atoms with Crippen molar-refractivity contribution in [3.8, 4) is 5.75 Å². The van der Waals surface area contributed by atoms with Crippen molar-refractivity contribution in [1.29, 1.82) is 0 Å². The molecular formula is C16H21ClN2O2. The monoisotopic (exact) mass is 308 g/mol. The lowest BCUT2D eigenvalue weighted by Crippen LogP contribution is -2.19. The number of ether oxygens (including phenoxy) is 1. The van der Waals surface area contributed by atoms with Gasteiger partial charge in [0, 0.05) is 17.6 Å². The third-order valence-electron chi connectivity index (χ3n) is 2.99. The van der Waals surface area contributed by atoms with Gasteiger partial charge in [-0.2, -0.15) is 0 Å². The van der Waals surface area contributed by atoms with Crippen molar-refractivity contribution in [3.05, 3.63) is 46.3 Å². The SMILES string of the molecule is Cc1ccc(Cl)cc1OCc1cc(CNCC(C)C)no1. The molecule has 1 aromatic carbocycles. The van der Waals surface area contributed by atoms with E-state index in [4.69, 9.17) is 20.9 Å². The van der Waals surface area contributed by atoms with E-state index in [1.807, 2.05) is 25.1 Å². The van der Waals surface area contributed by atoms with Crippen LogP contribution in [0.3, 0.4) is 0 Å². The summed E-state index contributed by atoms with van der Waals surface area (Å²) in [6.07, 6.45) is 0. The van der Waals surface area contributed by atoms with Crippen molar-refractivity contribution in [3.63, 3.8) is 0 Å². The van der Waals surface area contributed by atoms with Crippen molar-refractivity contribution in [2.45, 2.75) is 33.9 Å². The average molecular weight is 309 g/mol. The van der Waals surface area contributed by atoms with Gasteiger partial charge in [-0.3, -0.25) is 0 Å². The van der Waals surface area contributed by atoms with E-state index in [0.29, 0.717) is 29.9 Å². The van der Waals surface area contributed by atoms with Gasteiger partial charge in [0.2, 0.25) is 0 Å². The number of hydrogen-bond donors (Lipinski definition) is 1. The first kappa shape index (κ1) is 15.9. The molecular weight excluding hydrogens is 288 g/mol. The fourth-order valence-corrected chi connectivity index (χ4v) is 2.04. The normalized spacial score (nSPS) is 11.1. The molecule has 0 atom stereocenters. The molecule has 0 amide bonds. The zero-order valence-corrected chi connectivity index (χ0v) is 13.4. The predicted octanol–water partition coefficient (Wildman–Crippen LogP) is 3.96. The molecule has 0 aliphatic heterocycles. The summed E-state index contributed by atoms with van der Waals surface area (Å²) < 4.78 is 11.0. The van der Waals surface area contributed by atoms with Gasteiger partial charge in [0.1, 0.15) is 12.4 Å². The van der Waals surface area contributed by atoms with E-state index in [1.54, 1.807) is 6.07 Å². The summed E-state index contributed by atoms with van der Waals surface area (Å²) in [7, 11) is 0. The molecule has 0 saturated carbocycles. The maximum absolute atomic E-state index is 5.96. The van der Waals surface area contributed by atoms with E-state index >= 15 is 0 Å². The van der Waals surface area contributed by atoms with E-state index in [-0.39, 0.29) is 0 Å². The summed E-state index contributed by atoms with van der Waals surface area (Å²) in [4.78, 5) is 0. The van der Waals surface area contributed by atoms with Crippen molar-refractivity contribution < 1.29 is 9.26 Å². The number of nitrogens with zero attached hydrogens (tertiary/aromatic N) is 1. The Kier molecular flexibility index (Phi) is 5.65. The van der Waals surface area contributed by atoms with Gasteiger partial charge in [0.15, 0.2) is 5.76 Å². The van der Waals surface area contributed by atoms with Crippen LogP contribution in [0.4, 0.5) is 0 Å². The summed E-state index contributed by atoms with van der Waals surface area (Å²) in [6, 6.07) is 7.49. The number of hydrogen-bond acceptors (Lipinski definition) is 4. The summed E-state index contributed by atoms with van der Waals surface area (Å²) in [5.74, 6) is 2.08. The fourth-order valence-electron chi connectivity index (χ4n) is 1.87. The second-order valence-electron chi connectivity index (χ2n) is 5.51. The maximum Gasteiger partial charge on any atom is 0.174 e. The molecule has 2 aromatic rings. The number of halogens is 1. The van der Waals surface area contributed by atoms with Gasteiger partial charge in [-0.1, -0.05) is 36.7 Å². The topological polar surface area (TPSA) is 47.3 Å². The lowest BCUT2D eigenvalue weighted by atomic mass is 10.2. The van der Waals surface area contributed by atoms with Crippen LogP contribution in [0.2, 0.25) is 5.02 Å². The second-order valence-corrected chi connectivity index (χ2v) is 5.94. The standard InChI is InChI=1S/C16H21ClN2O2/c1-11(2)8-18-9-14-7-15(21-19-14)10-20-16-6-13(17)5-4-12(16)3/h4-7,11,18H,8-10H2,1-3H3. The molecule has 5 heteroatoms. The Morgan fingerprint density at radius 3 is 2.90 bits per heavy atom. The Hall–Kier alpha value is -1.52. The van der Waals surface area contributed by atoms with E-state index in [9.17, 15) is 0 Å². The second kappa shape index (κ2) is 7.48. The first-order valence-corrected chi connectivity index (χ1v) is 7.46. The van der Waals surface area contributed by atoms with Gasteiger partial charge in [-0.15, -0.1) is 0 Å². The van der Waals surface area contributed by atoms with Crippen LogP contribution in [-0.4, -0.2) is 11.7 Å². The summed E-state index contributed by atoms with van der Waals surface area (Å²) in [6.45, 7) is 8.33. The van der Waals surface area contributed by atoms with Crippen molar-refractivity contribution in [1.82, 2.24) is 10.5 Å². The lowest BCUT2D eigenvalue weighted by Gasteiger charge is -2.07. The Balaban J connectivity index is 1.86. The highest BCUT2D eigenvalue weighted by Crippen LogP contribution is 2.23. The molecule has 1 aromatic heterocycles. The van der Waals surface area contributed by atoms with E-state index in [1.165, 1.54) is 0 Å². The fraction of sp³-hybridized carbons (Fsp3) is 0.438. The molecule has 114 valence electrons. The first-order chi connectivity index (χ1) is 10.0. The van der Waals surface area contributed by atoms with E-state index < -0.39 is 0 Å². The Morgan fingerprint density at radius 2 is 2.14 bits per heavy atom. The minimum absolute atomic E-state index is 0.346. The Morgan fingerprint density at radius 1 is 1.33 bits per heavy atom. The molecule has 0 saturated heterocycles. The van der Waals surface area contributed by atoms with Gasteiger partial charge < -0.3 is 14.6 Å². The van der Waals surface area contributed by atoms with Crippen LogP contribution >= 0.6 is 11.6 Å². The molecule has 0 unspecified atom stereocenters. The van der Waals surface area contributed by atoms with Gasteiger partial charge in [-0.25, -0.2) is 0 Å². The Labute approximate surface area is 130 Å². The number of aromatic nitrogens is 1. The predicted molar refractivity (Wildman–Crippen MR) is 83.6 cm³/mol. The van der Waals surface area contributed by atoms with Gasteiger partial charge >= 0.3 is 0 Å². The summed E-state index contributed by atoms with van der Waals surface area (Å²) >= 11 is 5.96. The maximum atomic E-state index is 5.96. The smallest absolute Gasteiger partial charge is 0.174 e.